The standard InChI is InChI=1S/C45H43NO9/c1-5-24-52-44(48)40(46-45(49)54-28-39-36-12-8-6-10-34(36)35-11-7-9-13-37(35)39)26-42(47)55-43(38-23-22-33(50-3)25-41(38)51-4)31-18-20-32(21-19-31)53-27-30-16-14-29(2)15-17-30/h5-23,25,39-40,43H,1,24,26-28H2,2-4H3,(H,46,49). The number of benzene rings is 5. The molecule has 0 bridgehead atoms. The molecule has 10 nitrogen and oxygen atoms in total. The number of nitrogens with one attached hydrogen (secondary N) is 1. The van der Waals surface area contributed by atoms with Gasteiger partial charge in [0.15, 0.2) is 6.10 Å². The maximum atomic E-state index is 13.8. The molecule has 0 radical (unpaired) electrons. The van der Waals surface area contributed by atoms with E-state index in [1.807, 2.05) is 79.7 Å². The van der Waals surface area contributed by atoms with Gasteiger partial charge in [0, 0.05) is 17.5 Å². The van der Waals surface area contributed by atoms with Crippen LogP contribution in [-0.4, -0.2) is 51.5 Å². The lowest BCUT2D eigenvalue weighted by Gasteiger charge is -2.23. The van der Waals surface area contributed by atoms with Crippen LogP contribution in [0.3, 0.4) is 0 Å². The summed E-state index contributed by atoms with van der Waals surface area (Å²) in [4.78, 5) is 40.2. The van der Waals surface area contributed by atoms with E-state index in [0.29, 0.717) is 35.0 Å². The molecule has 0 aromatic heterocycles. The molecule has 5 aromatic carbocycles. The number of esters is 2. The van der Waals surface area contributed by atoms with Crippen LogP contribution in [0.5, 0.6) is 17.2 Å². The van der Waals surface area contributed by atoms with Crippen LogP contribution in [0, 0.1) is 6.92 Å². The van der Waals surface area contributed by atoms with Gasteiger partial charge in [0.1, 0.15) is 43.1 Å². The van der Waals surface area contributed by atoms with Crippen LogP contribution in [0.4, 0.5) is 4.79 Å². The highest BCUT2D eigenvalue weighted by atomic mass is 16.6. The summed E-state index contributed by atoms with van der Waals surface area (Å²) in [6.45, 7) is 5.88. The van der Waals surface area contributed by atoms with Crippen LogP contribution in [0.15, 0.2) is 128 Å². The fraction of sp³-hybridized carbons (Fsp3) is 0.222. The summed E-state index contributed by atoms with van der Waals surface area (Å²) in [5.74, 6) is -0.262. The molecule has 1 aliphatic rings. The molecule has 1 aliphatic carbocycles. The summed E-state index contributed by atoms with van der Waals surface area (Å²) in [6.07, 6.45) is -1.02. The first-order valence-electron chi connectivity index (χ1n) is 17.9. The molecule has 5 aromatic rings. The zero-order valence-electron chi connectivity index (χ0n) is 31.0. The second kappa shape index (κ2) is 18.0. The zero-order chi connectivity index (χ0) is 38.7. The summed E-state index contributed by atoms with van der Waals surface area (Å²) in [6, 6.07) is 34.9. The van der Waals surface area contributed by atoms with Crippen molar-refractivity contribution in [3.8, 4) is 28.4 Å². The Morgan fingerprint density at radius 1 is 0.782 bits per heavy atom. The average Bonchev–Trinajstić information content (AvgIpc) is 3.54. The van der Waals surface area contributed by atoms with E-state index >= 15 is 0 Å². The Balaban J connectivity index is 1.18. The highest BCUT2D eigenvalue weighted by Crippen LogP contribution is 2.44. The van der Waals surface area contributed by atoms with Gasteiger partial charge in [-0.05, 0) is 64.6 Å². The van der Waals surface area contributed by atoms with Gasteiger partial charge >= 0.3 is 18.0 Å². The Bertz CT molecular complexity index is 2080. The third kappa shape index (κ3) is 9.34. The van der Waals surface area contributed by atoms with E-state index in [2.05, 4.69) is 11.9 Å². The number of fused-ring (bicyclic) bond motifs is 3. The Morgan fingerprint density at radius 2 is 1.44 bits per heavy atom. The van der Waals surface area contributed by atoms with Crippen molar-refractivity contribution in [3.63, 3.8) is 0 Å². The number of methoxy groups -OCH3 is 2. The maximum Gasteiger partial charge on any atom is 0.407 e. The lowest BCUT2D eigenvalue weighted by Crippen LogP contribution is -2.44. The van der Waals surface area contributed by atoms with E-state index < -0.39 is 36.6 Å². The first-order valence-corrected chi connectivity index (χ1v) is 17.9. The van der Waals surface area contributed by atoms with E-state index in [-0.39, 0.29) is 19.1 Å². The summed E-state index contributed by atoms with van der Waals surface area (Å²) >= 11 is 0. The molecule has 0 heterocycles. The van der Waals surface area contributed by atoms with Crippen LogP contribution in [-0.2, 0) is 30.4 Å². The minimum atomic E-state index is -1.42. The molecule has 2 atom stereocenters. The quantitative estimate of drug-likeness (QED) is 0.0606. The third-order valence-corrected chi connectivity index (χ3v) is 9.32. The molecular weight excluding hydrogens is 698 g/mol. The minimum Gasteiger partial charge on any atom is -0.497 e. The Kier molecular flexibility index (Phi) is 12.5. The van der Waals surface area contributed by atoms with Crippen molar-refractivity contribution in [1.29, 1.82) is 0 Å². The van der Waals surface area contributed by atoms with Crippen molar-refractivity contribution in [1.82, 2.24) is 5.32 Å². The first kappa shape index (κ1) is 38.2. The minimum absolute atomic E-state index is 0.0167. The molecule has 0 fully saturated rings. The SMILES string of the molecule is C=CCOC(=O)C(CC(=O)OC(c1ccc(OCc2ccc(C)cc2)cc1)c1ccc(OC)cc1OC)NC(=O)OCC1c2ccccc2-c2ccccc21. The molecule has 10 heteroatoms. The number of carbonyl (C=O) groups is 3. The molecular formula is C45H43NO9. The van der Waals surface area contributed by atoms with E-state index in [1.165, 1.54) is 20.3 Å². The van der Waals surface area contributed by atoms with Crippen molar-refractivity contribution in [2.75, 3.05) is 27.4 Å². The van der Waals surface area contributed by atoms with Crippen molar-refractivity contribution in [2.45, 2.75) is 38.0 Å². The molecule has 282 valence electrons. The lowest BCUT2D eigenvalue weighted by molar-refractivity contribution is -0.154. The second-order valence-corrected chi connectivity index (χ2v) is 13.0. The van der Waals surface area contributed by atoms with Gasteiger partial charge in [-0.15, -0.1) is 0 Å². The zero-order valence-corrected chi connectivity index (χ0v) is 31.0. The monoisotopic (exact) mass is 741 g/mol. The highest BCUT2D eigenvalue weighted by Gasteiger charge is 2.32. The molecule has 0 saturated heterocycles. The van der Waals surface area contributed by atoms with Crippen molar-refractivity contribution < 1.29 is 42.8 Å². The van der Waals surface area contributed by atoms with Gasteiger partial charge < -0.3 is 33.7 Å². The van der Waals surface area contributed by atoms with Crippen molar-refractivity contribution in [3.05, 3.63) is 161 Å². The van der Waals surface area contributed by atoms with Crippen LogP contribution in [0.25, 0.3) is 11.1 Å². The van der Waals surface area contributed by atoms with Gasteiger partial charge in [-0.1, -0.05) is 103 Å². The van der Waals surface area contributed by atoms with Gasteiger partial charge in [0.2, 0.25) is 0 Å². The average molecular weight is 742 g/mol. The molecule has 0 saturated carbocycles. The fourth-order valence-corrected chi connectivity index (χ4v) is 6.50. The number of carbonyl (C=O) groups excluding carboxylic acids is 3. The number of amides is 1. The number of hydrogen-bond acceptors (Lipinski definition) is 9. The highest BCUT2D eigenvalue weighted by molar-refractivity contribution is 5.86. The van der Waals surface area contributed by atoms with E-state index in [4.69, 9.17) is 28.4 Å². The number of hydrogen-bond donors (Lipinski definition) is 1. The summed E-state index contributed by atoms with van der Waals surface area (Å²) in [5.41, 5.74) is 7.55. The number of alkyl carbamates (subject to hydrolysis) is 1. The molecule has 0 aliphatic heterocycles. The normalized spacial score (nSPS) is 12.6. The molecule has 55 heavy (non-hydrogen) atoms. The van der Waals surface area contributed by atoms with E-state index in [1.54, 1.807) is 42.5 Å². The van der Waals surface area contributed by atoms with Crippen molar-refractivity contribution >= 4 is 18.0 Å². The van der Waals surface area contributed by atoms with Gasteiger partial charge in [-0.3, -0.25) is 4.79 Å². The van der Waals surface area contributed by atoms with Crippen LogP contribution >= 0.6 is 0 Å². The van der Waals surface area contributed by atoms with E-state index in [0.717, 1.165) is 33.4 Å². The maximum absolute atomic E-state index is 13.8. The van der Waals surface area contributed by atoms with E-state index in [9.17, 15) is 14.4 Å². The van der Waals surface area contributed by atoms with Gasteiger partial charge in [-0.25, -0.2) is 9.59 Å². The summed E-state index contributed by atoms with van der Waals surface area (Å²) in [7, 11) is 3.04. The van der Waals surface area contributed by atoms with Crippen molar-refractivity contribution in [2.24, 2.45) is 0 Å². The predicted molar refractivity (Wildman–Crippen MR) is 207 cm³/mol. The molecule has 2 unspecified atom stereocenters. The first-order chi connectivity index (χ1) is 26.8. The van der Waals surface area contributed by atoms with Gasteiger partial charge in [0.25, 0.3) is 0 Å². The Hall–Kier alpha value is -6.55. The van der Waals surface area contributed by atoms with Crippen LogP contribution in [0.2, 0.25) is 0 Å². The third-order valence-electron chi connectivity index (χ3n) is 9.32. The summed E-state index contributed by atoms with van der Waals surface area (Å²) < 4.78 is 34.1. The topological polar surface area (TPSA) is 119 Å². The number of aryl methyl sites for hydroxylation is 1. The van der Waals surface area contributed by atoms with Crippen LogP contribution < -0.4 is 19.5 Å². The Morgan fingerprint density at radius 3 is 2.07 bits per heavy atom. The smallest absolute Gasteiger partial charge is 0.407 e. The fourth-order valence-electron chi connectivity index (χ4n) is 6.50. The second-order valence-electron chi connectivity index (χ2n) is 13.0. The van der Waals surface area contributed by atoms with Crippen LogP contribution in [0.1, 0.15) is 51.8 Å². The van der Waals surface area contributed by atoms with Gasteiger partial charge in [0.05, 0.1) is 20.6 Å². The summed E-state index contributed by atoms with van der Waals surface area (Å²) in [5, 5.41) is 2.53. The predicted octanol–water partition coefficient (Wildman–Crippen LogP) is 8.25. The molecule has 6 rings (SSSR count). The van der Waals surface area contributed by atoms with Gasteiger partial charge in [-0.2, -0.15) is 0 Å². The molecule has 1 N–H and O–H groups in total. The number of rotatable bonds is 16. The Labute approximate surface area is 320 Å². The molecule has 1 amide bonds. The lowest BCUT2D eigenvalue weighted by atomic mass is 9.98. The largest absolute Gasteiger partial charge is 0.497 e. The molecule has 0 spiro atoms. The number of ether oxygens (including phenoxy) is 6.